The molecule has 2 N–H and O–H groups in total. The third-order valence-electron chi connectivity index (χ3n) is 3.43. The molecule has 23 heavy (non-hydrogen) atoms. The number of anilines is 1. The minimum atomic E-state index is 0.0516. The minimum absolute atomic E-state index is 0.0516. The summed E-state index contributed by atoms with van der Waals surface area (Å²) in [6.07, 6.45) is 1.39. The van der Waals surface area contributed by atoms with Crippen LogP contribution in [-0.4, -0.2) is 5.91 Å². The van der Waals surface area contributed by atoms with Gasteiger partial charge in [0, 0.05) is 25.2 Å². The molecule has 4 heteroatoms. The maximum Gasteiger partial charge on any atom is 0.224 e. The van der Waals surface area contributed by atoms with Crippen molar-refractivity contribution in [3.63, 3.8) is 0 Å². The summed E-state index contributed by atoms with van der Waals surface area (Å²) in [5, 5.41) is 15.1. The first kappa shape index (κ1) is 16.7. The molecule has 0 aromatic heterocycles. The maximum atomic E-state index is 11.5. The Morgan fingerprint density at radius 2 is 1.83 bits per heavy atom. The van der Waals surface area contributed by atoms with Crippen LogP contribution < -0.4 is 10.6 Å². The summed E-state index contributed by atoms with van der Waals surface area (Å²) in [5.74, 6) is 0.0516. The summed E-state index contributed by atoms with van der Waals surface area (Å²) >= 11 is 0. The van der Waals surface area contributed by atoms with Crippen LogP contribution in [0.2, 0.25) is 0 Å². The van der Waals surface area contributed by atoms with Gasteiger partial charge in [0.1, 0.15) is 0 Å². The van der Waals surface area contributed by atoms with Gasteiger partial charge in [-0.2, -0.15) is 5.26 Å². The second-order valence-corrected chi connectivity index (χ2v) is 5.41. The minimum Gasteiger partial charge on any atom is -0.326 e. The molecule has 0 bridgehead atoms. The van der Waals surface area contributed by atoms with Crippen LogP contribution in [0.3, 0.4) is 0 Å². The second kappa shape index (κ2) is 8.72. The molecule has 0 spiro atoms. The van der Waals surface area contributed by atoms with Gasteiger partial charge in [0.25, 0.3) is 0 Å². The number of benzene rings is 2. The molecule has 2 aromatic rings. The Labute approximate surface area is 137 Å². The highest BCUT2D eigenvalue weighted by Crippen LogP contribution is 2.11. The smallest absolute Gasteiger partial charge is 0.224 e. The first-order valence-corrected chi connectivity index (χ1v) is 7.80. The van der Waals surface area contributed by atoms with Crippen LogP contribution in [0, 0.1) is 11.3 Å². The standard InChI is InChI=1S/C19H21N3O/c1-2-4-19(23)22-18-9-7-15(8-10-18)13-21-14-17-6-3-5-16(11-17)12-20/h3,5-11,21H,2,4,13-14H2,1H3,(H,22,23). The number of nitrogens with zero attached hydrogens (tertiary/aromatic N) is 1. The zero-order chi connectivity index (χ0) is 16.5. The molecule has 0 saturated carbocycles. The summed E-state index contributed by atoms with van der Waals surface area (Å²) in [4.78, 5) is 11.5. The number of carbonyl (C=O) groups is 1. The highest BCUT2D eigenvalue weighted by atomic mass is 16.1. The van der Waals surface area contributed by atoms with Gasteiger partial charge in [-0.1, -0.05) is 31.2 Å². The van der Waals surface area contributed by atoms with E-state index in [4.69, 9.17) is 5.26 Å². The fourth-order valence-electron chi connectivity index (χ4n) is 2.26. The lowest BCUT2D eigenvalue weighted by Crippen LogP contribution is -2.13. The average Bonchev–Trinajstić information content (AvgIpc) is 2.57. The van der Waals surface area contributed by atoms with Gasteiger partial charge in [-0.3, -0.25) is 4.79 Å². The quantitative estimate of drug-likeness (QED) is 0.821. The first-order valence-electron chi connectivity index (χ1n) is 7.80. The summed E-state index contributed by atoms with van der Waals surface area (Å²) in [7, 11) is 0. The predicted octanol–water partition coefficient (Wildman–Crippen LogP) is 3.59. The van der Waals surface area contributed by atoms with E-state index >= 15 is 0 Å². The second-order valence-electron chi connectivity index (χ2n) is 5.41. The van der Waals surface area contributed by atoms with Gasteiger partial charge in [0.05, 0.1) is 11.6 Å². The average molecular weight is 307 g/mol. The Morgan fingerprint density at radius 1 is 1.09 bits per heavy atom. The third-order valence-corrected chi connectivity index (χ3v) is 3.43. The molecule has 0 aliphatic rings. The lowest BCUT2D eigenvalue weighted by atomic mass is 10.1. The number of nitriles is 1. The number of nitrogens with one attached hydrogen (secondary N) is 2. The van der Waals surface area contributed by atoms with E-state index < -0.39 is 0 Å². The van der Waals surface area contributed by atoms with Crippen LogP contribution in [0.4, 0.5) is 5.69 Å². The number of hydrogen-bond donors (Lipinski definition) is 2. The van der Waals surface area contributed by atoms with Gasteiger partial charge in [0.2, 0.25) is 5.91 Å². The van der Waals surface area contributed by atoms with Gasteiger partial charge in [-0.25, -0.2) is 0 Å². The SMILES string of the molecule is CCCC(=O)Nc1ccc(CNCc2cccc(C#N)c2)cc1. The van der Waals surface area contributed by atoms with E-state index in [0.29, 0.717) is 18.5 Å². The first-order chi connectivity index (χ1) is 11.2. The number of amides is 1. The monoisotopic (exact) mass is 307 g/mol. The van der Waals surface area contributed by atoms with Crippen molar-refractivity contribution in [1.29, 1.82) is 5.26 Å². The fraction of sp³-hybridized carbons (Fsp3) is 0.263. The van der Waals surface area contributed by atoms with E-state index in [-0.39, 0.29) is 5.91 Å². The summed E-state index contributed by atoms with van der Waals surface area (Å²) < 4.78 is 0. The molecule has 0 unspecified atom stereocenters. The van der Waals surface area contributed by atoms with Gasteiger partial charge in [0.15, 0.2) is 0 Å². The van der Waals surface area contributed by atoms with Gasteiger partial charge in [-0.15, -0.1) is 0 Å². The molecule has 0 aliphatic heterocycles. The van der Waals surface area contributed by atoms with Crippen LogP contribution in [0.15, 0.2) is 48.5 Å². The fourth-order valence-corrected chi connectivity index (χ4v) is 2.26. The molecule has 0 saturated heterocycles. The molecular formula is C19H21N3O. The molecule has 4 nitrogen and oxygen atoms in total. The Balaban J connectivity index is 1.82. The van der Waals surface area contributed by atoms with Crippen molar-refractivity contribution in [1.82, 2.24) is 5.32 Å². The highest BCUT2D eigenvalue weighted by molar-refractivity contribution is 5.90. The molecule has 0 fully saturated rings. The maximum absolute atomic E-state index is 11.5. The van der Waals surface area contributed by atoms with Crippen molar-refractivity contribution in [2.24, 2.45) is 0 Å². The Bertz CT molecular complexity index is 687. The normalized spacial score (nSPS) is 10.1. The van der Waals surface area contributed by atoms with Crippen molar-refractivity contribution < 1.29 is 4.79 Å². The zero-order valence-corrected chi connectivity index (χ0v) is 13.3. The molecule has 0 radical (unpaired) electrons. The lowest BCUT2D eigenvalue weighted by molar-refractivity contribution is -0.116. The van der Waals surface area contributed by atoms with E-state index in [9.17, 15) is 4.79 Å². The molecule has 2 rings (SSSR count). The predicted molar refractivity (Wildman–Crippen MR) is 91.7 cm³/mol. The molecule has 118 valence electrons. The van der Waals surface area contributed by atoms with Crippen LogP contribution >= 0.6 is 0 Å². The van der Waals surface area contributed by atoms with Crippen molar-refractivity contribution in [2.45, 2.75) is 32.9 Å². The summed E-state index contributed by atoms with van der Waals surface area (Å²) in [6.45, 7) is 3.44. The van der Waals surface area contributed by atoms with Gasteiger partial charge < -0.3 is 10.6 Å². The van der Waals surface area contributed by atoms with E-state index in [2.05, 4.69) is 16.7 Å². The Kier molecular flexibility index (Phi) is 6.34. The molecule has 2 aromatic carbocycles. The zero-order valence-electron chi connectivity index (χ0n) is 13.3. The van der Waals surface area contributed by atoms with Crippen LogP contribution in [-0.2, 0) is 17.9 Å². The summed E-state index contributed by atoms with van der Waals surface area (Å²) in [5.41, 5.74) is 3.74. The number of hydrogen-bond acceptors (Lipinski definition) is 3. The van der Waals surface area contributed by atoms with Gasteiger partial charge >= 0.3 is 0 Å². The van der Waals surface area contributed by atoms with E-state index in [1.165, 1.54) is 0 Å². The highest BCUT2D eigenvalue weighted by Gasteiger charge is 2.01. The number of carbonyl (C=O) groups excluding carboxylic acids is 1. The lowest BCUT2D eigenvalue weighted by Gasteiger charge is -2.08. The topological polar surface area (TPSA) is 64.9 Å². The molecule has 0 heterocycles. The Hall–Kier alpha value is -2.64. The van der Waals surface area contributed by atoms with Crippen molar-refractivity contribution in [3.8, 4) is 6.07 Å². The number of rotatable bonds is 7. The van der Waals surface area contributed by atoms with Crippen molar-refractivity contribution in [2.75, 3.05) is 5.32 Å². The van der Waals surface area contributed by atoms with Gasteiger partial charge in [-0.05, 0) is 41.8 Å². The van der Waals surface area contributed by atoms with Crippen molar-refractivity contribution >= 4 is 11.6 Å². The Morgan fingerprint density at radius 3 is 2.52 bits per heavy atom. The molecule has 0 atom stereocenters. The molecule has 1 amide bonds. The van der Waals surface area contributed by atoms with E-state index in [1.54, 1.807) is 6.07 Å². The van der Waals surface area contributed by atoms with Crippen LogP contribution in [0.25, 0.3) is 0 Å². The van der Waals surface area contributed by atoms with Crippen molar-refractivity contribution in [3.05, 3.63) is 65.2 Å². The van der Waals surface area contributed by atoms with E-state index in [0.717, 1.165) is 29.8 Å². The van der Waals surface area contributed by atoms with Crippen LogP contribution in [0.1, 0.15) is 36.5 Å². The third kappa shape index (κ3) is 5.57. The van der Waals surface area contributed by atoms with E-state index in [1.807, 2.05) is 49.4 Å². The summed E-state index contributed by atoms with van der Waals surface area (Å²) in [6, 6.07) is 17.6. The molecular weight excluding hydrogens is 286 g/mol. The molecule has 0 aliphatic carbocycles. The van der Waals surface area contributed by atoms with Crippen LogP contribution in [0.5, 0.6) is 0 Å². The largest absolute Gasteiger partial charge is 0.326 e.